The van der Waals surface area contributed by atoms with Crippen molar-refractivity contribution in [2.24, 2.45) is 5.92 Å². The van der Waals surface area contributed by atoms with E-state index in [2.05, 4.69) is 41.8 Å². The van der Waals surface area contributed by atoms with Crippen LogP contribution < -0.4 is 10.6 Å². The van der Waals surface area contributed by atoms with Gasteiger partial charge in [0.25, 0.3) is 0 Å². The van der Waals surface area contributed by atoms with Crippen LogP contribution in [0, 0.1) is 5.92 Å². The monoisotopic (exact) mass is 246 g/mol. The molecule has 2 heteroatoms. The van der Waals surface area contributed by atoms with Crippen LogP contribution in [0.1, 0.15) is 30.9 Å². The van der Waals surface area contributed by atoms with Gasteiger partial charge in [-0.25, -0.2) is 0 Å². The van der Waals surface area contributed by atoms with Gasteiger partial charge in [0.1, 0.15) is 0 Å². The third-order valence-electron chi connectivity index (χ3n) is 3.91. The molecule has 1 heterocycles. The summed E-state index contributed by atoms with van der Waals surface area (Å²) in [4.78, 5) is 0. The molecule has 0 saturated carbocycles. The van der Waals surface area contributed by atoms with Crippen LogP contribution in [0.2, 0.25) is 0 Å². The van der Waals surface area contributed by atoms with Crippen LogP contribution >= 0.6 is 0 Å². The molecule has 0 bridgehead atoms. The van der Waals surface area contributed by atoms with Gasteiger partial charge in [-0.1, -0.05) is 31.2 Å². The molecule has 2 nitrogen and oxygen atoms in total. The molecule has 1 aromatic rings. The normalized spacial score (nSPS) is 19.3. The lowest BCUT2D eigenvalue weighted by molar-refractivity contribution is 0.501. The molecule has 1 fully saturated rings. The third kappa shape index (κ3) is 4.43. The van der Waals surface area contributed by atoms with Gasteiger partial charge in [0.05, 0.1) is 0 Å². The second kappa shape index (κ2) is 7.55. The fraction of sp³-hybridized carbons (Fsp3) is 0.625. The summed E-state index contributed by atoms with van der Waals surface area (Å²) < 4.78 is 0. The van der Waals surface area contributed by atoms with Gasteiger partial charge in [-0.2, -0.15) is 0 Å². The van der Waals surface area contributed by atoms with Gasteiger partial charge < -0.3 is 10.6 Å². The summed E-state index contributed by atoms with van der Waals surface area (Å²) in [6, 6.07) is 9.03. The molecule has 0 aromatic heterocycles. The first kappa shape index (κ1) is 13.6. The SMILES string of the molecule is CCc1ccc(CCNCCC2CCNC2)cc1. The van der Waals surface area contributed by atoms with E-state index in [1.807, 2.05) is 0 Å². The maximum atomic E-state index is 3.56. The molecular formula is C16H26N2. The van der Waals surface area contributed by atoms with E-state index in [1.165, 1.54) is 43.6 Å². The van der Waals surface area contributed by atoms with Crippen molar-refractivity contribution in [3.8, 4) is 0 Å². The van der Waals surface area contributed by atoms with E-state index in [1.54, 1.807) is 0 Å². The van der Waals surface area contributed by atoms with Crippen LogP contribution in [0.4, 0.5) is 0 Å². The topological polar surface area (TPSA) is 24.1 Å². The quantitative estimate of drug-likeness (QED) is 0.722. The maximum absolute atomic E-state index is 3.56. The summed E-state index contributed by atoms with van der Waals surface area (Å²) >= 11 is 0. The molecule has 0 amide bonds. The lowest BCUT2D eigenvalue weighted by atomic mass is 10.1. The van der Waals surface area contributed by atoms with Crippen LogP contribution in [-0.2, 0) is 12.8 Å². The Morgan fingerprint density at radius 1 is 1.17 bits per heavy atom. The van der Waals surface area contributed by atoms with E-state index in [-0.39, 0.29) is 0 Å². The second-order valence-corrected chi connectivity index (χ2v) is 5.32. The lowest BCUT2D eigenvalue weighted by Gasteiger charge is -2.09. The number of rotatable bonds is 7. The van der Waals surface area contributed by atoms with E-state index in [0.717, 1.165) is 25.3 Å². The van der Waals surface area contributed by atoms with Crippen molar-refractivity contribution in [2.75, 3.05) is 26.2 Å². The summed E-state index contributed by atoms with van der Waals surface area (Å²) in [7, 11) is 0. The number of hydrogen-bond donors (Lipinski definition) is 2. The van der Waals surface area contributed by atoms with Gasteiger partial charge in [-0.3, -0.25) is 0 Å². The first-order valence-electron chi connectivity index (χ1n) is 7.37. The average Bonchev–Trinajstić information content (AvgIpc) is 2.92. The Morgan fingerprint density at radius 2 is 1.94 bits per heavy atom. The highest BCUT2D eigenvalue weighted by atomic mass is 14.9. The zero-order valence-electron chi connectivity index (χ0n) is 11.5. The van der Waals surface area contributed by atoms with Crippen molar-refractivity contribution in [3.63, 3.8) is 0 Å². The van der Waals surface area contributed by atoms with Crippen LogP contribution in [0.5, 0.6) is 0 Å². The highest BCUT2D eigenvalue weighted by Gasteiger charge is 2.12. The first-order chi connectivity index (χ1) is 8.88. The van der Waals surface area contributed by atoms with Gasteiger partial charge in [0.15, 0.2) is 0 Å². The minimum atomic E-state index is 0.904. The molecule has 2 rings (SSSR count). The molecule has 100 valence electrons. The predicted octanol–water partition coefficient (Wildman–Crippen LogP) is 2.38. The van der Waals surface area contributed by atoms with Crippen molar-refractivity contribution in [3.05, 3.63) is 35.4 Å². The minimum Gasteiger partial charge on any atom is -0.316 e. The van der Waals surface area contributed by atoms with Gasteiger partial charge in [0.2, 0.25) is 0 Å². The fourth-order valence-electron chi connectivity index (χ4n) is 2.57. The van der Waals surface area contributed by atoms with Gasteiger partial charge in [-0.15, -0.1) is 0 Å². The largest absolute Gasteiger partial charge is 0.316 e. The molecule has 0 aliphatic carbocycles. The zero-order valence-corrected chi connectivity index (χ0v) is 11.5. The molecule has 1 unspecified atom stereocenters. The van der Waals surface area contributed by atoms with Crippen LogP contribution in [0.3, 0.4) is 0 Å². The average molecular weight is 246 g/mol. The van der Waals surface area contributed by atoms with Crippen molar-refractivity contribution in [2.45, 2.75) is 32.6 Å². The number of benzene rings is 1. The van der Waals surface area contributed by atoms with Crippen LogP contribution in [-0.4, -0.2) is 26.2 Å². The number of hydrogen-bond acceptors (Lipinski definition) is 2. The smallest absolute Gasteiger partial charge is 0.000835 e. The molecule has 1 aliphatic rings. The molecule has 1 aliphatic heterocycles. The maximum Gasteiger partial charge on any atom is -0.000835 e. The molecule has 18 heavy (non-hydrogen) atoms. The summed E-state index contributed by atoms with van der Waals surface area (Å²) in [5.41, 5.74) is 2.88. The Kier molecular flexibility index (Phi) is 5.69. The summed E-state index contributed by atoms with van der Waals surface area (Å²) in [6.45, 7) is 6.91. The van der Waals surface area contributed by atoms with Crippen molar-refractivity contribution in [1.29, 1.82) is 0 Å². The Labute approximate surface area is 111 Å². The Hall–Kier alpha value is -0.860. The molecule has 2 N–H and O–H groups in total. The highest BCUT2D eigenvalue weighted by molar-refractivity contribution is 5.22. The molecule has 1 saturated heterocycles. The van der Waals surface area contributed by atoms with Gasteiger partial charge >= 0.3 is 0 Å². The Bertz CT molecular complexity index is 325. The Balaban J connectivity index is 1.56. The van der Waals surface area contributed by atoms with E-state index < -0.39 is 0 Å². The Morgan fingerprint density at radius 3 is 2.61 bits per heavy atom. The van der Waals surface area contributed by atoms with Crippen molar-refractivity contribution in [1.82, 2.24) is 10.6 Å². The van der Waals surface area contributed by atoms with Gasteiger partial charge in [-0.05, 0) is 68.9 Å². The van der Waals surface area contributed by atoms with Crippen LogP contribution in [0.25, 0.3) is 0 Å². The fourth-order valence-corrected chi connectivity index (χ4v) is 2.57. The zero-order chi connectivity index (χ0) is 12.6. The summed E-state index contributed by atoms with van der Waals surface area (Å²) in [6.07, 6.45) is 4.96. The number of nitrogens with one attached hydrogen (secondary N) is 2. The van der Waals surface area contributed by atoms with Crippen LogP contribution in [0.15, 0.2) is 24.3 Å². The van der Waals surface area contributed by atoms with E-state index in [9.17, 15) is 0 Å². The molecule has 0 spiro atoms. The lowest BCUT2D eigenvalue weighted by Crippen LogP contribution is -2.21. The minimum absolute atomic E-state index is 0.904. The van der Waals surface area contributed by atoms with E-state index in [0.29, 0.717) is 0 Å². The van der Waals surface area contributed by atoms with Crippen molar-refractivity contribution >= 4 is 0 Å². The van der Waals surface area contributed by atoms with E-state index >= 15 is 0 Å². The van der Waals surface area contributed by atoms with E-state index in [4.69, 9.17) is 0 Å². The molecule has 1 atom stereocenters. The molecule has 1 aromatic carbocycles. The predicted molar refractivity (Wildman–Crippen MR) is 78.0 cm³/mol. The summed E-state index contributed by atoms with van der Waals surface area (Å²) in [5.74, 6) is 0.904. The molecule has 0 radical (unpaired) electrons. The standard InChI is InChI=1S/C16H26N2/c1-2-14-3-5-15(6-4-14)7-10-17-11-8-16-9-12-18-13-16/h3-6,16-18H,2,7-13H2,1H3. The summed E-state index contributed by atoms with van der Waals surface area (Å²) in [5, 5.41) is 6.98. The third-order valence-corrected chi connectivity index (χ3v) is 3.91. The van der Waals surface area contributed by atoms with Gasteiger partial charge in [0, 0.05) is 0 Å². The molecular weight excluding hydrogens is 220 g/mol. The first-order valence-corrected chi connectivity index (χ1v) is 7.37. The second-order valence-electron chi connectivity index (χ2n) is 5.32. The number of aryl methyl sites for hydroxylation is 1. The van der Waals surface area contributed by atoms with Crippen molar-refractivity contribution < 1.29 is 0 Å². The highest BCUT2D eigenvalue weighted by Crippen LogP contribution is 2.10.